The van der Waals surface area contributed by atoms with Crippen LogP contribution < -0.4 is 5.32 Å². The summed E-state index contributed by atoms with van der Waals surface area (Å²) in [6.45, 7) is 3.94. The lowest BCUT2D eigenvalue weighted by Crippen LogP contribution is -2.32. The van der Waals surface area contributed by atoms with Crippen molar-refractivity contribution in [3.05, 3.63) is 23.9 Å². The highest BCUT2D eigenvalue weighted by molar-refractivity contribution is 5.49. The summed E-state index contributed by atoms with van der Waals surface area (Å²) in [5, 5.41) is 3.26. The molecule has 18 heavy (non-hydrogen) atoms. The van der Waals surface area contributed by atoms with Crippen LogP contribution in [-0.4, -0.2) is 29.4 Å². The van der Waals surface area contributed by atoms with Crippen LogP contribution in [0.4, 0.5) is 5.82 Å². The second-order valence-electron chi connectivity index (χ2n) is 4.76. The minimum absolute atomic E-state index is 0.212. The fourth-order valence-corrected chi connectivity index (χ4v) is 2.40. The maximum absolute atomic E-state index is 11.0. The van der Waals surface area contributed by atoms with Gasteiger partial charge in [0, 0.05) is 19.3 Å². The second-order valence-corrected chi connectivity index (χ2v) is 4.76. The molecule has 0 aromatic carbocycles. The normalized spacial score (nSPS) is 19.6. The summed E-state index contributed by atoms with van der Waals surface area (Å²) in [6, 6.07) is 4.30. The molecule has 0 bridgehead atoms. The van der Waals surface area contributed by atoms with Gasteiger partial charge in [-0.1, -0.05) is 13.0 Å². The van der Waals surface area contributed by atoms with E-state index >= 15 is 0 Å². The van der Waals surface area contributed by atoms with Crippen molar-refractivity contribution in [2.75, 3.05) is 18.4 Å². The predicted octanol–water partition coefficient (Wildman–Crippen LogP) is 2.59. The Labute approximate surface area is 108 Å². The first-order chi connectivity index (χ1) is 8.85. The van der Waals surface area contributed by atoms with Crippen molar-refractivity contribution < 1.29 is 4.79 Å². The molecule has 1 N–H and O–H groups in total. The van der Waals surface area contributed by atoms with Crippen LogP contribution in [-0.2, 0) is 4.79 Å². The largest absolute Gasteiger partial charge is 0.370 e. The molecular formula is C14H21N3O. The summed E-state index contributed by atoms with van der Waals surface area (Å²) in [6.07, 6.45) is 7.29. The minimum atomic E-state index is 0.212. The van der Waals surface area contributed by atoms with E-state index < -0.39 is 0 Å². The molecule has 1 aliphatic rings. The fourth-order valence-electron chi connectivity index (χ4n) is 2.40. The lowest BCUT2D eigenvalue weighted by molar-refractivity contribution is -0.121. The Morgan fingerprint density at radius 2 is 2.39 bits per heavy atom. The monoisotopic (exact) mass is 247 g/mol. The molecule has 98 valence electrons. The van der Waals surface area contributed by atoms with E-state index in [4.69, 9.17) is 0 Å². The number of aromatic nitrogens is 1. The number of piperidine rings is 1. The van der Waals surface area contributed by atoms with Gasteiger partial charge >= 0.3 is 0 Å². The molecule has 0 aliphatic carbocycles. The number of rotatable bonds is 5. The van der Waals surface area contributed by atoms with Crippen LogP contribution in [0.3, 0.4) is 0 Å². The number of nitrogens with zero attached hydrogens (tertiary/aromatic N) is 2. The summed E-state index contributed by atoms with van der Waals surface area (Å²) in [5.74, 6) is 0.911. The van der Waals surface area contributed by atoms with Crippen LogP contribution in [0.1, 0.15) is 44.2 Å². The Morgan fingerprint density at radius 1 is 1.50 bits per heavy atom. The molecule has 0 saturated carbocycles. The van der Waals surface area contributed by atoms with E-state index in [1.165, 1.54) is 6.42 Å². The standard InChI is InChI=1S/C14H21N3O/c1-2-8-15-14-7-6-12(10-16-14)13-5-3-4-9-17(13)11-18/h6-7,10-11,13H,2-5,8-9H2,1H3,(H,15,16)/t13-/m0/s1. The highest BCUT2D eigenvalue weighted by atomic mass is 16.1. The zero-order valence-corrected chi connectivity index (χ0v) is 10.9. The number of anilines is 1. The summed E-state index contributed by atoms with van der Waals surface area (Å²) in [4.78, 5) is 17.3. The van der Waals surface area contributed by atoms with Gasteiger partial charge in [0.25, 0.3) is 0 Å². The summed E-state index contributed by atoms with van der Waals surface area (Å²) >= 11 is 0. The van der Waals surface area contributed by atoms with Gasteiger partial charge in [0.1, 0.15) is 5.82 Å². The lowest BCUT2D eigenvalue weighted by atomic mass is 9.97. The van der Waals surface area contributed by atoms with Crippen molar-refractivity contribution in [2.24, 2.45) is 0 Å². The third kappa shape index (κ3) is 3.00. The van der Waals surface area contributed by atoms with Gasteiger partial charge in [-0.15, -0.1) is 0 Å². The van der Waals surface area contributed by atoms with Gasteiger partial charge in [0.15, 0.2) is 0 Å². The molecule has 0 unspecified atom stereocenters. The molecule has 2 heterocycles. The van der Waals surface area contributed by atoms with Crippen LogP contribution in [0.5, 0.6) is 0 Å². The maximum Gasteiger partial charge on any atom is 0.210 e. The summed E-state index contributed by atoms with van der Waals surface area (Å²) in [5.41, 5.74) is 1.14. The molecule has 0 spiro atoms. The van der Waals surface area contributed by atoms with E-state index in [-0.39, 0.29) is 6.04 Å². The van der Waals surface area contributed by atoms with Crippen molar-refractivity contribution in [3.63, 3.8) is 0 Å². The van der Waals surface area contributed by atoms with Gasteiger partial charge in [-0.05, 0) is 37.3 Å². The van der Waals surface area contributed by atoms with E-state index in [2.05, 4.69) is 23.3 Å². The maximum atomic E-state index is 11.0. The third-order valence-electron chi connectivity index (χ3n) is 3.41. The third-order valence-corrected chi connectivity index (χ3v) is 3.41. The molecule has 1 amide bonds. The Kier molecular flexibility index (Phi) is 4.56. The minimum Gasteiger partial charge on any atom is -0.370 e. The summed E-state index contributed by atoms with van der Waals surface area (Å²) in [7, 11) is 0. The highest BCUT2D eigenvalue weighted by Crippen LogP contribution is 2.29. The van der Waals surface area contributed by atoms with Crippen LogP contribution in [0.2, 0.25) is 0 Å². The fraction of sp³-hybridized carbons (Fsp3) is 0.571. The molecule has 1 aromatic rings. The van der Waals surface area contributed by atoms with Gasteiger partial charge in [-0.3, -0.25) is 4.79 Å². The second kappa shape index (κ2) is 6.38. The van der Waals surface area contributed by atoms with E-state index in [1.54, 1.807) is 0 Å². The van der Waals surface area contributed by atoms with E-state index in [0.717, 1.165) is 50.1 Å². The number of hydrogen-bond donors (Lipinski definition) is 1. The van der Waals surface area contributed by atoms with Crippen molar-refractivity contribution in [1.82, 2.24) is 9.88 Å². The molecule has 4 heteroatoms. The van der Waals surface area contributed by atoms with E-state index in [1.807, 2.05) is 17.2 Å². The number of likely N-dealkylation sites (tertiary alicyclic amines) is 1. The Morgan fingerprint density at radius 3 is 3.06 bits per heavy atom. The summed E-state index contributed by atoms with van der Waals surface area (Å²) < 4.78 is 0. The molecule has 4 nitrogen and oxygen atoms in total. The topological polar surface area (TPSA) is 45.2 Å². The van der Waals surface area contributed by atoms with Gasteiger partial charge in [-0.25, -0.2) is 4.98 Å². The SMILES string of the molecule is CCCNc1ccc([C@@H]2CCCCN2C=O)cn1. The first kappa shape index (κ1) is 12.9. The highest BCUT2D eigenvalue weighted by Gasteiger charge is 2.22. The van der Waals surface area contributed by atoms with Crippen molar-refractivity contribution >= 4 is 12.2 Å². The van der Waals surface area contributed by atoms with E-state index in [9.17, 15) is 4.79 Å². The average molecular weight is 247 g/mol. The Hall–Kier alpha value is -1.58. The number of carbonyl (C=O) groups is 1. The Balaban J connectivity index is 2.05. The predicted molar refractivity (Wildman–Crippen MR) is 72.4 cm³/mol. The molecule has 1 aromatic heterocycles. The molecule has 1 atom stereocenters. The number of hydrogen-bond acceptors (Lipinski definition) is 3. The van der Waals surface area contributed by atoms with Gasteiger partial charge in [0.2, 0.25) is 6.41 Å². The molecule has 1 saturated heterocycles. The number of amides is 1. The number of carbonyl (C=O) groups excluding carboxylic acids is 1. The lowest BCUT2D eigenvalue weighted by Gasteiger charge is -2.32. The quantitative estimate of drug-likeness (QED) is 0.813. The smallest absolute Gasteiger partial charge is 0.210 e. The number of nitrogens with one attached hydrogen (secondary N) is 1. The van der Waals surface area contributed by atoms with Gasteiger partial charge in [0.05, 0.1) is 6.04 Å². The van der Waals surface area contributed by atoms with E-state index in [0.29, 0.717) is 0 Å². The Bertz CT molecular complexity index is 377. The van der Waals surface area contributed by atoms with Crippen LogP contribution in [0.15, 0.2) is 18.3 Å². The molecule has 2 rings (SSSR count). The zero-order chi connectivity index (χ0) is 12.8. The first-order valence-corrected chi connectivity index (χ1v) is 6.76. The average Bonchev–Trinajstić information content (AvgIpc) is 2.45. The van der Waals surface area contributed by atoms with Crippen LogP contribution >= 0.6 is 0 Å². The van der Waals surface area contributed by atoms with Crippen LogP contribution in [0.25, 0.3) is 0 Å². The molecule has 1 fully saturated rings. The number of pyridine rings is 1. The van der Waals surface area contributed by atoms with Crippen molar-refractivity contribution in [1.29, 1.82) is 0 Å². The van der Waals surface area contributed by atoms with Crippen molar-refractivity contribution in [3.8, 4) is 0 Å². The zero-order valence-electron chi connectivity index (χ0n) is 10.9. The van der Waals surface area contributed by atoms with Crippen molar-refractivity contribution in [2.45, 2.75) is 38.6 Å². The molecule has 0 radical (unpaired) electrons. The first-order valence-electron chi connectivity index (χ1n) is 6.76. The van der Waals surface area contributed by atoms with Gasteiger partial charge in [-0.2, -0.15) is 0 Å². The molecular weight excluding hydrogens is 226 g/mol. The van der Waals surface area contributed by atoms with Crippen LogP contribution in [0, 0.1) is 0 Å². The molecule has 1 aliphatic heterocycles. The van der Waals surface area contributed by atoms with Gasteiger partial charge < -0.3 is 10.2 Å².